The van der Waals surface area contributed by atoms with Crippen molar-refractivity contribution in [3.05, 3.63) is 54.7 Å². The number of pyridine rings is 1. The SMILES string of the molecule is COc1ccc(-c2cc(O)cc3ccccc23)cn1. The number of methoxy groups -OCH3 is 1. The van der Waals surface area contributed by atoms with E-state index in [2.05, 4.69) is 4.98 Å². The van der Waals surface area contributed by atoms with Gasteiger partial charge >= 0.3 is 0 Å². The Morgan fingerprint density at radius 3 is 2.63 bits per heavy atom. The maximum Gasteiger partial charge on any atom is 0.212 e. The van der Waals surface area contributed by atoms with E-state index in [4.69, 9.17) is 4.74 Å². The molecule has 19 heavy (non-hydrogen) atoms. The van der Waals surface area contributed by atoms with Gasteiger partial charge in [-0.15, -0.1) is 0 Å². The molecule has 1 heterocycles. The molecular weight excluding hydrogens is 238 g/mol. The van der Waals surface area contributed by atoms with Crippen LogP contribution in [0.25, 0.3) is 21.9 Å². The zero-order valence-corrected chi connectivity index (χ0v) is 10.5. The number of nitrogens with zero attached hydrogens (tertiary/aromatic N) is 1. The number of phenolic OH excluding ortho intramolecular Hbond substituents is 1. The number of phenols is 1. The monoisotopic (exact) mass is 251 g/mol. The summed E-state index contributed by atoms with van der Waals surface area (Å²) >= 11 is 0. The summed E-state index contributed by atoms with van der Waals surface area (Å²) in [5.41, 5.74) is 1.92. The van der Waals surface area contributed by atoms with Gasteiger partial charge in [0, 0.05) is 17.8 Å². The fourth-order valence-corrected chi connectivity index (χ4v) is 2.19. The van der Waals surface area contributed by atoms with Crippen LogP contribution in [0.1, 0.15) is 0 Å². The van der Waals surface area contributed by atoms with E-state index in [1.807, 2.05) is 36.4 Å². The second-order valence-corrected chi connectivity index (χ2v) is 4.30. The van der Waals surface area contributed by atoms with Gasteiger partial charge in [0.25, 0.3) is 0 Å². The summed E-state index contributed by atoms with van der Waals surface area (Å²) < 4.78 is 5.06. The lowest BCUT2D eigenvalue weighted by Crippen LogP contribution is -1.88. The van der Waals surface area contributed by atoms with Crippen LogP contribution in [0.15, 0.2) is 54.7 Å². The number of hydrogen-bond donors (Lipinski definition) is 1. The van der Waals surface area contributed by atoms with Crippen LogP contribution in [0, 0.1) is 0 Å². The van der Waals surface area contributed by atoms with Gasteiger partial charge in [-0.05, 0) is 34.5 Å². The highest BCUT2D eigenvalue weighted by molar-refractivity contribution is 5.97. The van der Waals surface area contributed by atoms with Crippen LogP contribution in [0.3, 0.4) is 0 Å². The van der Waals surface area contributed by atoms with Gasteiger partial charge in [-0.2, -0.15) is 0 Å². The summed E-state index contributed by atoms with van der Waals surface area (Å²) in [6.07, 6.45) is 1.75. The van der Waals surface area contributed by atoms with Crippen LogP contribution in [-0.2, 0) is 0 Å². The van der Waals surface area contributed by atoms with Crippen LogP contribution in [0.5, 0.6) is 11.6 Å². The van der Waals surface area contributed by atoms with Crippen molar-refractivity contribution >= 4 is 10.8 Å². The normalized spacial score (nSPS) is 10.6. The highest BCUT2D eigenvalue weighted by Crippen LogP contribution is 2.32. The van der Waals surface area contributed by atoms with Gasteiger partial charge in [0.15, 0.2) is 0 Å². The summed E-state index contributed by atoms with van der Waals surface area (Å²) in [7, 11) is 1.59. The van der Waals surface area contributed by atoms with Gasteiger partial charge in [-0.3, -0.25) is 0 Å². The number of fused-ring (bicyclic) bond motifs is 1. The molecular formula is C16H13NO2. The van der Waals surface area contributed by atoms with Crippen LogP contribution in [-0.4, -0.2) is 17.2 Å². The van der Waals surface area contributed by atoms with Crippen molar-refractivity contribution in [3.8, 4) is 22.8 Å². The molecule has 0 radical (unpaired) electrons. The lowest BCUT2D eigenvalue weighted by molar-refractivity contribution is 0.398. The highest BCUT2D eigenvalue weighted by Gasteiger charge is 2.06. The number of benzene rings is 2. The van der Waals surface area contributed by atoms with Gasteiger partial charge < -0.3 is 9.84 Å². The number of aromatic hydroxyl groups is 1. The Morgan fingerprint density at radius 2 is 1.89 bits per heavy atom. The zero-order valence-electron chi connectivity index (χ0n) is 10.5. The molecule has 0 amide bonds. The van der Waals surface area contributed by atoms with Gasteiger partial charge in [0.2, 0.25) is 5.88 Å². The average Bonchev–Trinajstić information content (AvgIpc) is 2.46. The molecule has 0 aliphatic rings. The first-order chi connectivity index (χ1) is 9.28. The maximum absolute atomic E-state index is 9.83. The van der Waals surface area contributed by atoms with Crippen molar-refractivity contribution in [2.24, 2.45) is 0 Å². The van der Waals surface area contributed by atoms with Gasteiger partial charge in [-0.1, -0.05) is 24.3 Å². The van der Waals surface area contributed by atoms with E-state index >= 15 is 0 Å². The molecule has 1 aromatic heterocycles. The minimum absolute atomic E-state index is 0.254. The predicted molar refractivity (Wildman–Crippen MR) is 75.4 cm³/mol. The van der Waals surface area contributed by atoms with Crippen molar-refractivity contribution in [2.75, 3.05) is 7.11 Å². The molecule has 0 fully saturated rings. The summed E-state index contributed by atoms with van der Waals surface area (Å²) in [5, 5.41) is 11.9. The third-order valence-electron chi connectivity index (χ3n) is 3.10. The van der Waals surface area contributed by atoms with E-state index in [1.54, 1.807) is 25.4 Å². The smallest absolute Gasteiger partial charge is 0.212 e. The first-order valence-corrected chi connectivity index (χ1v) is 6.00. The molecule has 0 aliphatic heterocycles. The van der Waals surface area contributed by atoms with E-state index in [1.165, 1.54) is 0 Å². The van der Waals surface area contributed by atoms with E-state index in [0.29, 0.717) is 5.88 Å². The van der Waals surface area contributed by atoms with Crippen molar-refractivity contribution in [3.63, 3.8) is 0 Å². The molecule has 3 heteroatoms. The van der Waals surface area contributed by atoms with E-state index in [0.717, 1.165) is 21.9 Å². The fraction of sp³-hybridized carbons (Fsp3) is 0.0625. The van der Waals surface area contributed by atoms with Gasteiger partial charge in [0.05, 0.1) is 7.11 Å². The second kappa shape index (κ2) is 4.61. The average molecular weight is 251 g/mol. The molecule has 94 valence electrons. The van der Waals surface area contributed by atoms with E-state index in [-0.39, 0.29) is 5.75 Å². The summed E-state index contributed by atoms with van der Waals surface area (Å²) in [6.45, 7) is 0. The Balaban J connectivity index is 2.22. The second-order valence-electron chi connectivity index (χ2n) is 4.30. The molecule has 0 saturated carbocycles. The van der Waals surface area contributed by atoms with E-state index in [9.17, 15) is 5.11 Å². The number of ether oxygens (including phenoxy) is 1. The van der Waals surface area contributed by atoms with Crippen LogP contribution < -0.4 is 4.74 Å². The molecule has 1 N–H and O–H groups in total. The fourth-order valence-electron chi connectivity index (χ4n) is 2.19. The summed E-state index contributed by atoms with van der Waals surface area (Å²) in [6, 6.07) is 15.2. The van der Waals surface area contributed by atoms with Gasteiger partial charge in [-0.25, -0.2) is 4.98 Å². The predicted octanol–water partition coefficient (Wildman–Crippen LogP) is 3.62. The largest absolute Gasteiger partial charge is 0.508 e. The molecule has 0 aliphatic carbocycles. The van der Waals surface area contributed by atoms with Crippen molar-refractivity contribution in [1.82, 2.24) is 4.98 Å². The lowest BCUT2D eigenvalue weighted by atomic mass is 9.99. The molecule has 0 bridgehead atoms. The third kappa shape index (κ3) is 2.10. The topological polar surface area (TPSA) is 42.4 Å². The maximum atomic E-state index is 9.83. The Hall–Kier alpha value is -2.55. The minimum atomic E-state index is 0.254. The molecule has 3 nitrogen and oxygen atoms in total. The van der Waals surface area contributed by atoms with Crippen molar-refractivity contribution < 1.29 is 9.84 Å². The quantitative estimate of drug-likeness (QED) is 0.756. The molecule has 0 atom stereocenters. The minimum Gasteiger partial charge on any atom is -0.508 e. The van der Waals surface area contributed by atoms with Crippen molar-refractivity contribution in [2.45, 2.75) is 0 Å². The third-order valence-corrected chi connectivity index (χ3v) is 3.10. The van der Waals surface area contributed by atoms with Crippen LogP contribution >= 0.6 is 0 Å². The van der Waals surface area contributed by atoms with Gasteiger partial charge in [0.1, 0.15) is 5.75 Å². The molecule has 0 spiro atoms. The molecule has 3 rings (SSSR count). The molecule has 2 aromatic carbocycles. The summed E-state index contributed by atoms with van der Waals surface area (Å²) in [5.74, 6) is 0.831. The number of aromatic nitrogens is 1. The zero-order chi connectivity index (χ0) is 13.2. The molecule has 0 unspecified atom stereocenters. The van der Waals surface area contributed by atoms with Crippen LogP contribution in [0.2, 0.25) is 0 Å². The highest BCUT2D eigenvalue weighted by atomic mass is 16.5. The number of hydrogen-bond acceptors (Lipinski definition) is 3. The van der Waals surface area contributed by atoms with Crippen molar-refractivity contribution in [1.29, 1.82) is 0 Å². The first kappa shape index (κ1) is 11.5. The Bertz CT molecular complexity index is 720. The molecule has 3 aromatic rings. The Labute approximate surface area is 111 Å². The summed E-state index contributed by atoms with van der Waals surface area (Å²) in [4.78, 5) is 4.21. The molecule has 0 saturated heterocycles. The van der Waals surface area contributed by atoms with Crippen LogP contribution in [0.4, 0.5) is 0 Å². The first-order valence-electron chi connectivity index (χ1n) is 6.00. The lowest BCUT2D eigenvalue weighted by Gasteiger charge is -2.08. The van der Waals surface area contributed by atoms with E-state index < -0.39 is 0 Å². The standard InChI is InChI=1S/C16H13NO2/c1-19-16-7-6-12(10-17-16)15-9-13(18)8-11-4-2-3-5-14(11)15/h2-10,18H,1H3. The number of rotatable bonds is 2. The Morgan fingerprint density at radius 1 is 1.05 bits per heavy atom. The Kier molecular flexibility index (Phi) is 2.80.